The zero-order valence-electron chi connectivity index (χ0n) is 10.3. The fraction of sp³-hybridized carbons (Fsp3) is 0.0714. The van der Waals surface area contributed by atoms with Crippen LogP contribution in [-0.4, -0.2) is 12.9 Å². The first kappa shape index (κ1) is 13.0. The highest BCUT2D eigenvalue weighted by molar-refractivity contribution is 5.95. The third-order valence-electron chi connectivity index (χ3n) is 2.83. The summed E-state index contributed by atoms with van der Waals surface area (Å²) in [7, 11) is 1.68. The van der Waals surface area contributed by atoms with Crippen molar-refractivity contribution in [2.75, 3.05) is 11.9 Å². The minimum atomic E-state index is -0.487. The molecule has 0 aromatic heterocycles. The summed E-state index contributed by atoms with van der Waals surface area (Å²) in [5.74, 6) is -1.01. The highest BCUT2D eigenvalue weighted by Crippen LogP contribution is 2.26. The Morgan fingerprint density at radius 1 is 1.11 bits per heavy atom. The van der Waals surface area contributed by atoms with Crippen LogP contribution in [0, 0.1) is 17.0 Å². The zero-order chi connectivity index (χ0) is 14.0. The van der Waals surface area contributed by atoms with E-state index in [4.69, 9.17) is 11.1 Å². The fourth-order valence-corrected chi connectivity index (χ4v) is 1.75. The summed E-state index contributed by atoms with van der Waals surface area (Å²) >= 11 is 0. The number of anilines is 2. The van der Waals surface area contributed by atoms with E-state index >= 15 is 0 Å². The minimum Gasteiger partial charge on any atom is -0.384 e. The van der Waals surface area contributed by atoms with Crippen molar-refractivity contribution in [2.45, 2.75) is 0 Å². The van der Waals surface area contributed by atoms with Crippen molar-refractivity contribution in [3.05, 3.63) is 59.7 Å². The van der Waals surface area contributed by atoms with Gasteiger partial charge >= 0.3 is 0 Å². The Morgan fingerprint density at radius 2 is 1.74 bits per heavy atom. The SMILES string of the molecule is CN(c1ccc(F)cc1)c1ccc(C(=N)N)cc1F. The van der Waals surface area contributed by atoms with Crippen molar-refractivity contribution in [2.24, 2.45) is 5.73 Å². The van der Waals surface area contributed by atoms with Gasteiger partial charge in [0.15, 0.2) is 0 Å². The molecule has 3 nitrogen and oxygen atoms in total. The molecular weight excluding hydrogens is 248 g/mol. The topological polar surface area (TPSA) is 53.1 Å². The van der Waals surface area contributed by atoms with Crippen molar-refractivity contribution >= 4 is 17.2 Å². The van der Waals surface area contributed by atoms with Crippen LogP contribution in [0.2, 0.25) is 0 Å². The molecule has 19 heavy (non-hydrogen) atoms. The van der Waals surface area contributed by atoms with E-state index in [0.717, 1.165) is 0 Å². The number of hydrogen-bond donors (Lipinski definition) is 2. The number of nitrogens with zero attached hydrogens (tertiary/aromatic N) is 1. The molecule has 0 heterocycles. The predicted octanol–water partition coefficient (Wildman–Crippen LogP) is 3.02. The number of hydrogen-bond acceptors (Lipinski definition) is 2. The zero-order valence-corrected chi connectivity index (χ0v) is 10.3. The van der Waals surface area contributed by atoms with Crippen LogP contribution < -0.4 is 10.6 Å². The lowest BCUT2D eigenvalue weighted by molar-refractivity contribution is 0.625. The van der Waals surface area contributed by atoms with Crippen LogP contribution in [0.15, 0.2) is 42.5 Å². The van der Waals surface area contributed by atoms with E-state index in [9.17, 15) is 8.78 Å². The number of halogens is 2. The van der Waals surface area contributed by atoms with Crippen molar-refractivity contribution in [1.29, 1.82) is 5.41 Å². The average Bonchev–Trinajstić information content (AvgIpc) is 2.38. The first-order valence-corrected chi connectivity index (χ1v) is 5.62. The van der Waals surface area contributed by atoms with Crippen LogP contribution in [0.3, 0.4) is 0 Å². The molecule has 0 unspecified atom stereocenters. The molecule has 2 rings (SSSR count). The van der Waals surface area contributed by atoms with Crippen LogP contribution in [0.25, 0.3) is 0 Å². The molecule has 0 fully saturated rings. The number of nitrogens with one attached hydrogen (secondary N) is 1. The molecule has 2 aromatic rings. The highest BCUT2D eigenvalue weighted by atomic mass is 19.1. The molecule has 0 saturated heterocycles. The van der Waals surface area contributed by atoms with Gasteiger partial charge in [0.05, 0.1) is 5.69 Å². The van der Waals surface area contributed by atoms with Gasteiger partial charge in [-0.25, -0.2) is 8.78 Å². The van der Waals surface area contributed by atoms with E-state index < -0.39 is 5.82 Å². The Morgan fingerprint density at radius 3 is 2.26 bits per heavy atom. The lowest BCUT2D eigenvalue weighted by Crippen LogP contribution is -2.14. The van der Waals surface area contributed by atoms with Gasteiger partial charge in [0.2, 0.25) is 0 Å². The molecule has 0 atom stereocenters. The largest absolute Gasteiger partial charge is 0.384 e. The molecule has 3 N–H and O–H groups in total. The summed E-state index contributed by atoms with van der Waals surface area (Å²) in [4.78, 5) is 1.60. The van der Waals surface area contributed by atoms with Gasteiger partial charge in [-0.2, -0.15) is 0 Å². The number of nitrogen functional groups attached to an aromatic ring is 1. The second-order valence-electron chi connectivity index (χ2n) is 4.12. The van der Waals surface area contributed by atoms with Gasteiger partial charge in [-0.1, -0.05) is 0 Å². The third kappa shape index (κ3) is 2.70. The lowest BCUT2D eigenvalue weighted by Gasteiger charge is -2.20. The summed E-state index contributed by atoms with van der Waals surface area (Å²) in [5, 5.41) is 7.25. The molecule has 0 aliphatic heterocycles. The maximum atomic E-state index is 14.0. The van der Waals surface area contributed by atoms with Crippen LogP contribution >= 0.6 is 0 Å². The predicted molar refractivity (Wildman–Crippen MR) is 71.9 cm³/mol. The Labute approximate surface area is 109 Å². The average molecular weight is 261 g/mol. The Bertz CT molecular complexity index is 609. The number of benzene rings is 2. The third-order valence-corrected chi connectivity index (χ3v) is 2.83. The second kappa shape index (κ2) is 5.06. The van der Waals surface area contributed by atoms with Crippen molar-refractivity contribution in [1.82, 2.24) is 0 Å². The number of nitrogens with two attached hydrogens (primary N) is 1. The van der Waals surface area contributed by atoms with Gasteiger partial charge in [0.1, 0.15) is 17.5 Å². The molecule has 0 radical (unpaired) electrons. The van der Waals surface area contributed by atoms with Gasteiger partial charge in [-0.3, -0.25) is 5.41 Å². The number of amidine groups is 1. The molecule has 5 heteroatoms. The van der Waals surface area contributed by atoms with E-state index in [1.54, 1.807) is 30.1 Å². The van der Waals surface area contributed by atoms with Crippen molar-refractivity contribution in [3.8, 4) is 0 Å². The van der Waals surface area contributed by atoms with Crippen LogP contribution in [0.5, 0.6) is 0 Å². The Hall–Kier alpha value is -2.43. The van der Waals surface area contributed by atoms with Gasteiger partial charge in [-0.15, -0.1) is 0 Å². The summed E-state index contributed by atoms with van der Waals surface area (Å²) in [6, 6.07) is 10.1. The molecule has 0 spiro atoms. The Kier molecular flexibility index (Phi) is 3.46. The van der Waals surface area contributed by atoms with E-state index in [1.165, 1.54) is 24.3 Å². The highest BCUT2D eigenvalue weighted by Gasteiger charge is 2.11. The van der Waals surface area contributed by atoms with E-state index in [0.29, 0.717) is 16.9 Å². The molecular formula is C14H13F2N3. The molecule has 0 aliphatic rings. The maximum absolute atomic E-state index is 14.0. The molecule has 0 bridgehead atoms. The van der Waals surface area contributed by atoms with Gasteiger partial charge < -0.3 is 10.6 Å². The standard InChI is InChI=1S/C14H13F2N3/c1-19(11-5-3-10(15)4-6-11)13-7-2-9(14(17)18)8-12(13)16/h2-8H,1H3,(H3,17,18). The van der Waals surface area contributed by atoms with E-state index in [2.05, 4.69) is 0 Å². The van der Waals surface area contributed by atoms with Gasteiger partial charge in [0.25, 0.3) is 0 Å². The monoisotopic (exact) mass is 261 g/mol. The molecule has 0 saturated carbocycles. The minimum absolute atomic E-state index is 0.185. The summed E-state index contributed by atoms with van der Waals surface area (Å²) in [5.41, 5.74) is 6.62. The molecule has 2 aromatic carbocycles. The van der Waals surface area contributed by atoms with Crippen molar-refractivity contribution < 1.29 is 8.78 Å². The summed E-state index contributed by atoms with van der Waals surface area (Å²) in [6.45, 7) is 0. The number of rotatable bonds is 3. The van der Waals surface area contributed by atoms with Crippen molar-refractivity contribution in [3.63, 3.8) is 0 Å². The van der Waals surface area contributed by atoms with Crippen LogP contribution in [-0.2, 0) is 0 Å². The summed E-state index contributed by atoms with van der Waals surface area (Å²) < 4.78 is 26.8. The van der Waals surface area contributed by atoms with Gasteiger partial charge in [-0.05, 0) is 42.5 Å². The lowest BCUT2D eigenvalue weighted by atomic mass is 10.1. The van der Waals surface area contributed by atoms with Crippen LogP contribution in [0.4, 0.5) is 20.2 Å². The molecule has 0 amide bonds. The second-order valence-corrected chi connectivity index (χ2v) is 4.12. The first-order chi connectivity index (χ1) is 8.99. The van der Waals surface area contributed by atoms with E-state index in [-0.39, 0.29) is 11.7 Å². The fourth-order valence-electron chi connectivity index (χ4n) is 1.75. The Balaban J connectivity index is 2.36. The smallest absolute Gasteiger partial charge is 0.147 e. The normalized spacial score (nSPS) is 10.3. The maximum Gasteiger partial charge on any atom is 0.147 e. The van der Waals surface area contributed by atoms with Crippen LogP contribution in [0.1, 0.15) is 5.56 Å². The molecule has 0 aliphatic carbocycles. The van der Waals surface area contributed by atoms with E-state index in [1.807, 2.05) is 0 Å². The van der Waals surface area contributed by atoms with Gasteiger partial charge in [0, 0.05) is 18.3 Å². The summed E-state index contributed by atoms with van der Waals surface area (Å²) in [6.07, 6.45) is 0. The molecule has 98 valence electrons. The first-order valence-electron chi connectivity index (χ1n) is 5.62. The quantitative estimate of drug-likeness (QED) is 0.659.